The largest absolute Gasteiger partial charge is 0.493 e. The average molecular weight is 435 g/mol. The van der Waals surface area contributed by atoms with E-state index in [1.165, 1.54) is 30.7 Å². The van der Waals surface area contributed by atoms with Gasteiger partial charge in [0.1, 0.15) is 5.82 Å². The van der Waals surface area contributed by atoms with Crippen LogP contribution in [0.5, 0.6) is 11.5 Å². The fourth-order valence-electron chi connectivity index (χ4n) is 2.83. The highest BCUT2D eigenvalue weighted by molar-refractivity contribution is 7.89. The van der Waals surface area contributed by atoms with Gasteiger partial charge >= 0.3 is 0 Å². The molecule has 0 aliphatic heterocycles. The highest BCUT2D eigenvalue weighted by Crippen LogP contribution is 2.31. The zero-order valence-corrected chi connectivity index (χ0v) is 17.8. The molecule has 1 heterocycles. The van der Waals surface area contributed by atoms with Crippen LogP contribution in [0.3, 0.4) is 0 Å². The van der Waals surface area contributed by atoms with Crippen LogP contribution < -0.4 is 9.47 Å². The standard InChI is InChI=1S/C20H22FN3O5S/c1-13(2)24(30(25,26)16-8-6-15(21)7-9-16)12-19-22-20(23-29-19)14-5-10-17(27-3)18(11-14)28-4/h5-11,13H,12H2,1-4H3. The smallest absolute Gasteiger partial charge is 0.243 e. The maximum atomic E-state index is 13.2. The summed E-state index contributed by atoms with van der Waals surface area (Å²) >= 11 is 0. The minimum atomic E-state index is -3.89. The van der Waals surface area contributed by atoms with Crippen molar-refractivity contribution in [3.05, 3.63) is 54.2 Å². The van der Waals surface area contributed by atoms with Crippen molar-refractivity contribution in [2.24, 2.45) is 0 Å². The first-order chi connectivity index (χ1) is 14.3. The molecule has 0 aliphatic rings. The van der Waals surface area contributed by atoms with Crippen molar-refractivity contribution in [2.45, 2.75) is 31.3 Å². The molecule has 0 saturated heterocycles. The molecule has 0 N–H and O–H groups in total. The number of ether oxygens (including phenoxy) is 2. The molecule has 0 fully saturated rings. The van der Waals surface area contributed by atoms with Crippen molar-refractivity contribution in [3.8, 4) is 22.9 Å². The molecule has 0 bridgehead atoms. The fourth-order valence-corrected chi connectivity index (χ4v) is 4.42. The lowest BCUT2D eigenvalue weighted by molar-refractivity contribution is 0.286. The molecule has 30 heavy (non-hydrogen) atoms. The summed E-state index contributed by atoms with van der Waals surface area (Å²) in [5, 5.41) is 3.94. The van der Waals surface area contributed by atoms with Crippen molar-refractivity contribution < 1.29 is 26.8 Å². The molecule has 0 saturated carbocycles. The van der Waals surface area contributed by atoms with Crippen molar-refractivity contribution in [2.75, 3.05) is 14.2 Å². The second-order valence-corrected chi connectivity index (χ2v) is 8.57. The fraction of sp³-hybridized carbons (Fsp3) is 0.300. The van der Waals surface area contributed by atoms with Crippen molar-refractivity contribution in [1.82, 2.24) is 14.4 Å². The molecule has 2 aromatic carbocycles. The number of hydrogen-bond donors (Lipinski definition) is 0. The van der Waals surface area contributed by atoms with E-state index in [9.17, 15) is 12.8 Å². The van der Waals surface area contributed by atoms with E-state index >= 15 is 0 Å². The highest BCUT2D eigenvalue weighted by Gasteiger charge is 2.29. The Morgan fingerprint density at radius 2 is 1.73 bits per heavy atom. The summed E-state index contributed by atoms with van der Waals surface area (Å²) in [6, 6.07) is 9.42. The number of aromatic nitrogens is 2. The molecule has 0 amide bonds. The van der Waals surface area contributed by atoms with Crippen molar-refractivity contribution in [3.63, 3.8) is 0 Å². The van der Waals surface area contributed by atoms with Gasteiger partial charge in [-0.2, -0.15) is 9.29 Å². The van der Waals surface area contributed by atoms with Crippen molar-refractivity contribution >= 4 is 10.0 Å². The Hall–Kier alpha value is -2.98. The second kappa shape index (κ2) is 8.80. The number of hydrogen-bond acceptors (Lipinski definition) is 7. The lowest BCUT2D eigenvalue weighted by atomic mass is 10.2. The van der Waals surface area contributed by atoms with Gasteiger partial charge in [-0.25, -0.2) is 12.8 Å². The summed E-state index contributed by atoms with van der Waals surface area (Å²) in [4.78, 5) is 4.30. The molecule has 160 valence electrons. The molecular formula is C20H22FN3O5S. The molecule has 8 nitrogen and oxygen atoms in total. The summed E-state index contributed by atoms with van der Waals surface area (Å²) in [6.07, 6.45) is 0. The Morgan fingerprint density at radius 3 is 2.33 bits per heavy atom. The summed E-state index contributed by atoms with van der Waals surface area (Å²) < 4.78 is 56.2. The molecule has 0 aliphatic carbocycles. The van der Waals surface area contributed by atoms with Crippen LogP contribution >= 0.6 is 0 Å². The van der Waals surface area contributed by atoms with Crippen LogP contribution in [0, 0.1) is 5.82 Å². The number of halogens is 1. The van der Waals surface area contributed by atoms with E-state index in [0.29, 0.717) is 17.1 Å². The van der Waals surface area contributed by atoms with Crippen LogP contribution in [0.25, 0.3) is 11.4 Å². The van der Waals surface area contributed by atoms with Gasteiger partial charge in [-0.3, -0.25) is 0 Å². The minimum absolute atomic E-state index is 0.0165. The monoisotopic (exact) mass is 435 g/mol. The van der Waals surface area contributed by atoms with Gasteiger partial charge in [0, 0.05) is 11.6 Å². The van der Waals surface area contributed by atoms with E-state index in [0.717, 1.165) is 12.1 Å². The zero-order chi connectivity index (χ0) is 21.9. The lowest BCUT2D eigenvalue weighted by Gasteiger charge is -2.24. The van der Waals surface area contributed by atoms with Gasteiger partial charge in [-0.1, -0.05) is 5.16 Å². The molecule has 0 spiro atoms. The minimum Gasteiger partial charge on any atom is -0.493 e. The molecule has 3 rings (SSSR count). The summed E-state index contributed by atoms with van der Waals surface area (Å²) in [5.74, 6) is 0.958. The van der Waals surface area contributed by atoms with Gasteiger partial charge in [-0.15, -0.1) is 0 Å². The third-order valence-corrected chi connectivity index (χ3v) is 6.43. The van der Waals surface area contributed by atoms with E-state index in [2.05, 4.69) is 10.1 Å². The SMILES string of the molecule is COc1ccc(-c2noc(CN(C(C)C)S(=O)(=O)c3ccc(F)cc3)n2)cc1OC. The molecule has 0 atom stereocenters. The maximum Gasteiger partial charge on any atom is 0.243 e. The Kier molecular flexibility index (Phi) is 6.37. The van der Waals surface area contributed by atoms with Gasteiger partial charge in [0.15, 0.2) is 11.5 Å². The highest BCUT2D eigenvalue weighted by atomic mass is 32.2. The number of nitrogens with zero attached hydrogens (tertiary/aromatic N) is 3. The number of benzene rings is 2. The summed E-state index contributed by atoms with van der Waals surface area (Å²) in [6.45, 7) is 3.33. The first kappa shape index (κ1) is 21.7. The number of sulfonamides is 1. The third-order valence-electron chi connectivity index (χ3n) is 4.40. The molecule has 3 aromatic rings. The Bertz CT molecular complexity index is 1110. The Balaban J connectivity index is 1.88. The van der Waals surface area contributed by atoms with Gasteiger partial charge in [0.2, 0.25) is 21.7 Å². The Labute approximate surface area is 174 Å². The van der Waals surface area contributed by atoms with Gasteiger partial charge in [0.25, 0.3) is 0 Å². The normalized spacial score (nSPS) is 11.8. The predicted octanol–water partition coefficient (Wildman–Crippen LogP) is 3.49. The number of rotatable bonds is 8. The average Bonchev–Trinajstić information content (AvgIpc) is 3.20. The van der Waals surface area contributed by atoms with E-state index in [-0.39, 0.29) is 23.2 Å². The van der Waals surface area contributed by atoms with Crippen LogP contribution in [-0.4, -0.2) is 43.1 Å². The lowest BCUT2D eigenvalue weighted by Crippen LogP contribution is -2.36. The summed E-state index contributed by atoms with van der Waals surface area (Å²) in [5.41, 5.74) is 0.625. The molecule has 1 aromatic heterocycles. The van der Waals surface area contributed by atoms with Crippen LogP contribution in [0.4, 0.5) is 4.39 Å². The van der Waals surface area contributed by atoms with Crippen LogP contribution in [-0.2, 0) is 16.6 Å². The first-order valence-corrected chi connectivity index (χ1v) is 10.5. The van der Waals surface area contributed by atoms with Crippen LogP contribution in [0.2, 0.25) is 0 Å². The Morgan fingerprint density at radius 1 is 1.07 bits per heavy atom. The molecular weight excluding hydrogens is 413 g/mol. The number of methoxy groups -OCH3 is 2. The maximum absolute atomic E-state index is 13.2. The quantitative estimate of drug-likeness (QED) is 0.534. The van der Waals surface area contributed by atoms with Gasteiger partial charge < -0.3 is 14.0 Å². The molecule has 0 radical (unpaired) electrons. The summed E-state index contributed by atoms with van der Waals surface area (Å²) in [7, 11) is -0.836. The van der Waals surface area contributed by atoms with E-state index < -0.39 is 21.9 Å². The third kappa shape index (κ3) is 4.44. The molecule has 0 unspecified atom stereocenters. The second-order valence-electron chi connectivity index (χ2n) is 6.68. The van der Waals surface area contributed by atoms with E-state index in [1.807, 2.05) is 0 Å². The van der Waals surface area contributed by atoms with E-state index in [1.54, 1.807) is 32.0 Å². The van der Waals surface area contributed by atoms with Gasteiger partial charge in [0.05, 0.1) is 25.7 Å². The van der Waals surface area contributed by atoms with Crippen LogP contribution in [0.15, 0.2) is 51.9 Å². The van der Waals surface area contributed by atoms with E-state index in [4.69, 9.17) is 14.0 Å². The van der Waals surface area contributed by atoms with Crippen LogP contribution in [0.1, 0.15) is 19.7 Å². The zero-order valence-electron chi connectivity index (χ0n) is 17.0. The molecule has 10 heteroatoms. The predicted molar refractivity (Wildman–Crippen MR) is 107 cm³/mol. The first-order valence-electron chi connectivity index (χ1n) is 9.08. The van der Waals surface area contributed by atoms with Gasteiger partial charge in [-0.05, 0) is 56.3 Å². The van der Waals surface area contributed by atoms with Crippen molar-refractivity contribution in [1.29, 1.82) is 0 Å². The topological polar surface area (TPSA) is 94.8 Å².